The number of halogens is 1. The zero-order valence-electron chi connectivity index (χ0n) is 15.6. The van der Waals surface area contributed by atoms with Gasteiger partial charge in [-0.15, -0.1) is 0 Å². The summed E-state index contributed by atoms with van der Waals surface area (Å²) < 4.78 is 0. The summed E-state index contributed by atoms with van der Waals surface area (Å²) in [7, 11) is 0. The molecular weight excluding hydrogens is 364 g/mol. The molecule has 0 unspecified atom stereocenters. The number of hydrogen-bond donors (Lipinski definition) is 2. The second-order valence-corrected chi connectivity index (χ2v) is 8.85. The molecule has 2 aliphatic carbocycles. The molecule has 0 bridgehead atoms. The Morgan fingerprint density at radius 2 is 2.17 bits per heavy atom. The topological polar surface area (TPSA) is 40.5 Å². The van der Waals surface area contributed by atoms with Crippen LogP contribution >= 0.6 is 15.9 Å². The molecule has 2 rings (SSSR count). The van der Waals surface area contributed by atoms with Crippen molar-refractivity contribution in [3.63, 3.8) is 0 Å². The smallest absolute Gasteiger partial charge is 0.0642 e. The number of aliphatic hydroxyl groups excluding tert-OH is 2. The van der Waals surface area contributed by atoms with Crippen molar-refractivity contribution in [2.45, 2.75) is 71.8 Å². The van der Waals surface area contributed by atoms with Gasteiger partial charge in [-0.3, -0.25) is 0 Å². The van der Waals surface area contributed by atoms with Gasteiger partial charge in [0.1, 0.15) is 0 Å². The van der Waals surface area contributed by atoms with Crippen LogP contribution in [0.3, 0.4) is 0 Å². The number of aliphatic hydroxyl groups is 2. The van der Waals surface area contributed by atoms with Crippen LogP contribution in [0.2, 0.25) is 0 Å². The third kappa shape index (κ3) is 3.83. The molecule has 6 atom stereocenters. The van der Waals surface area contributed by atoms with E-state index in [4.69, 9.17) is 0 Å². The first-order chi connectivity index (χ1) is 11.4. The van der Waals surface area contributed by atoms with Crippen LogP contribution in [0.1, 0.15) is 65.7 Å². The van der Waals surface area contributed by atoms with E-state index >= 15 is 0 Å². The van der Waals surface area contributed by atoms with E-state index in [-0.39, 0.29) is 18.6 Å². The van der Waals surface area contributed by atoms with Gasteiger partial charge in [0, 0.05) is 5.92 Å². The van der Waals surface area contributed by atoms with E-state index in [1.807, 2.05) is 0 Å². The highest BCUT2D eigenvalue weighted by Gasteiger charge is 2.50. The van der Waals surface area contributed by atoms with E-state index in [9.17, 15) is 10.2 Å². The molecule has 0 aromatic carbocycles. The fraction of sp³-hybridized carbons (Fsp3) is 0.810. The summed E-state index contributed by atoms with van der Waals surface area (Å²) in [5, 5.41) is 20.1. The average Bonchev–Trinajstić information content (AvgIpc) is 2.92. The van der Waals surface area contributed by atoms with Crippen molar-refractivity contribution in [1.29, 1.82) is 0 Å². The van der Waals surface area contributed by atoms with Crippen molar-refractivity contribution < 1.29 is 10.2 Å². The maximum absolute atomic E-state index is 10.7. The SMILES string of the molecule is C=C(CO)[C@@H](CC)[C@@H](O)C[C@@H](C)[C@H]1CC[C@H]2C(=CBr)CCC[C@]12C. The molecule has 2 nitrogen and oxygen atoms in total. The van der Waals surface area contributed by atoms with E-state index in [1.54, 1.807) is 5.57 Å². The van der Waals surface area contributed by atoms with E-state index in [0.717, 1.165) is 18.4 Å². The van der Waals surface area contributed by atoms with Crippen LogP contribution in [0.25, 0.3) is 0 Å². The Labute approximate surface area is 156 Å². The van der Waals surface area contributed by atoms with Gasteiger partial charge in [0.15, 0.2) is 0 Å². The molecule has 0 aromatic heterocycles. The molecule has 0 aliphatic heterocycles. The molecule has 0 amide bonds. The van der Waals surface area contributed by atoms with Crippen LogP contribution in [0.15, 0.2) is 22.7 Å². The highest BCUT2D eigenvalue weighted by molar-refractivity contribution is 9.11. The molecule has 0 radical (unpaired) electrons. The third-order valence-electron chi connectivity index (χ3n) is 7.11. The normalized spacial score (nSPS) is 35.5. The predicted molar refractivity (Wildman–Crippen MR) is 105 cm³/mol. The predicted octanol–water partition coefficient (Wildman–Crippen LogP) is 5.44. The molecular formula is C21H35BrO2. The molecule has 0 spiro atoms. The van der Waals surface area contributed by atoms with Crippen LogP contribution in [-0.2, 0) is 0 Å². The summed E-state index contributed by atoms with van der Waals surface area (Å²) in [5.74, 6) is 1.92. The van der Waals surface area contributed by atoms with Crippen molar-refractivity contribution in [2.75, 3.05) is 6.61 Å². The molecule has 0 aromatic rings. The number of allylic oxidation sites excluding steroid dienone is 1. The van der Waals surface area contributed by atoms with Gasteiger partial charge in [0.25, 0.3) is 0 Å². The quantitative estimate of drug-likeness (QED) is 0.560. The van der Waals surface area contributed by atoms with Gasteiger partial charge in [-0.2, -0.15) is 0 Å². The molecule has 138 valence electrons. The zero-order chi connectivity index (χ0) is 17.9. The Hall–Kier alpha value is -0.120. The first-order valence-corrected chi connectivity index (χ1v) is 10.6. The minimum Gasteiger partial charge on any atom is -0.392 e. The Morgan fingerprint density at radius 1 is 1.46 bits per heavy atom. The van der Waals surface area contributed by atoms with Crippen molar-refractivity contribution in [1.82, 2.24) is 0 Å². The van der Waals surface area contributed by atoms with Crippen LogP contribution in [0.4, 0.5) is 0 Å². The first kappa shape index (κ1) is 20.2. The second-order valence-electron chi connectivity index (χ2n) is 8.39. The molecule has 2 saturated carbocycles. The summed E-state index contributed by atoms with van der Waals surface area (Å²) in [5.41, 5.74) is 2.75. The van der Waals surface area contributed by atoms with E-state index in [2.05, 4.69) is 48.3 Å². The molecule has 2 fully saturated rings. The van der Waals surface area contributed by atoms with Gasteiger partial charge in [-0.05, 0) is 78.7 Å². The van der Waals surface area contributed by atoms with Crippen LogP contribution in [-0.4, -0.2) is 22.9 Å². The number of fused-ring (bicyclic) bond motifs is 1. The fourth-order valence-electron chi connectivity index (χ4n) is 5.80. The Kier molecular flexibility index (Phi) is 7.16. The van der Waals surface area contributed by atoms with Gasteiger partial charge in [-0.1, -0.05) is 48.9 Å². The zero-order valence-corrected chi connectivity index (χ0v) is 17.2. The lowest BCUT2D eigenvalue weighted by atomic mass is 9.61. The minimum absolute atomic E-state index is 0.0202. The minimum atomic E-state index is -0.387. The van der Waals surface area contributed by atoms with E-state index < -0.39 is 0 Å². The van der Waals surface area contributed by atoms with Gasteiger partial charge in [0.05, 0.1) is 12.7 Å². The van der Waals surface area contributed by atoms with Gasteiger partial charge < -0.3 is 10.2 Å². The molecule has 3 heteroatoms. The fourth-order valence-corrected chi connectivity index (χ4v) is 6.35. The van der Waals surface area contributed by atoms with Crippen LogP contribution < -0.4 is 0 Å². The maximum atomic E-state index is 10.7. The van der Waals surface area contributed by atoms with Crippen LogP contribution in [0.5, 0.6) is 0 Å². The highest BCUT2D eigenvalue weighted by Crippen LogP contribution is 2.60. The van der Waals surface area contributed by atoms with Gasteiger partial charge in [0.2, 0.25) is 0 Å². The summed E-state index contributed by atoms with van der Waals surface area (Å²) in [6.45, 7) is 10.8. The summed E-state index contributed by atoms with van der Waals surface area (Å²) in [4.78, 5) is 2.18. The Morgan fingerprint density at radius 3 is 2.75 bits per heavy atom. The second kappa shape index (κ2) is 8.51. The standard InChI is InChI=1S/C21H35BrO2/c1-5-17(15(3)13-23)20(24)11-14(2)18-8-9-19-16(12-22)7-6-10-21(18,19)4/h12,14,17-20,23-24H,3,5-11,13H2,1-2,4H3/t14-,17-,18-,19+,20+,21-/m1/s1. The summed E-state index contributed by atoms with van der Waals surface area (Å²) >= 11 is 3.59. The molecule has 24 heavy (non-hydrogen) atoms. The van der Waals surface area contributed by atoms with Crippen molar-refractivity contribution >= 4 is 15.9 Å². The van der Waals surface area contributed by atoms with Crippen molar-refractivity contribution in [3.8, 4) is 0 Å². The highest BCUT2D eigenvalue weighted by atomic mass is 79.9. The summed E-state index contributed by atoms with van der Waals surface area (Å²) in [6.07, 6.45) is 7.68. The van der Waals surface area contributed by atoms with Crippen LogP contribution in [0, 0.1) is 29.1 Å². The molecule has 2 aliphatic rings. The number of rotatable bonds is 7. The number of hydrogen-bond acceptors (Lipinski definition) is 2. The van der Waals surface area contributed by atoms with Gasteiger partial charge >= 0.3 is 0 Å². The largest absolute Gasteiger partial charge is 0.392 e. The lowest BCUT2D eigenvalue weighted by Gasteiger charge is -2.44. The van der Waals surface area contributed by atoms with Crippen molar-refractivity contribution in [3.05, 3.63) is 22.7 Å². The third-order valence-corrected chi connectivity index (χ3v) is 7.70. The van der Waals surface area contributed by atoms with E-state index in [1.165, 1.54) is 32.1 Å². The average molecular weight is 399 g/mol. The monoisotopic (exact) mass is 398 g/mol. The van der Waals surface area contributed by atoms with E-state index in [0.29, 0.717) is 23.2 Å². The Balaban J connectivity index is 2.07. The summed E-state index contributed by atoms with van der Waals surface area (Å²) in [6, 6.07) is 0. The lowest BCUT2D eigenvalue weighted by molar-refractivity contribution is 0.0445. The molecule has 2 N–H and O–H groups in total. The first-order valence-electron chi connectivity index (χ1n) is 9.64. The molecule has 0 heterocycles. The lowest BCUT2D eigenvalue weighted by Crippen LogP contribution is -2.37. The Bertz CT molecular complexity index is 472. The van der Waals surface area contributed by atoms with Gasteiger partial charge in [-0.25, -0.2) is 0 Å². The van der Waals surface area contributed by atoms with Crippen molar-refractivity contribution in [2.24, 2.45) is 29.1 Å². The molecule has 0 saturated heterocycles. The maximum Gasteiger partial charge on any atom is 0.0642 e.